The van der Waals surface area contributed by atoms with Crippen LogP contribution < -0.4 is 0 Å². The van der Waals surface area contributed by atoms with E-state index in [1.165, 1.54) is 0 Å². The van der Waals surface area contributed by atoms with Gasteiger partial charge in [0.05, 0.1) is 0 Å². The van der Waals surface area contributed by atoms with Gasteiger partial charge < -0.3 is 0 Å². The third-order valence-electron chi connectivity index (χ3n) is 1.09. The summed E-state index contributed by atoms with van der Waals surface area (Å²) in [6.07, 6.45) is -17.1. The van der Waals surface area contributed by atoms with E-state index in [-0.39, 0.29) is 6.26 Å². The number of halogens is 8. The van der Waals surface area contributed by atoms with E-state index < -0.39 is 25.4 Å². The van der Waals surface area contributed by atoms with Crippen molar-refractivity contribution >= 4 is 6.93 Å². The van der Waals surface area contributed by atoms with Crippen molar-refractivity contribution in [1.29, 1.82) is 0 Å². The normalized spacial score (nSPS) is 16.0. The molecule has 0 heterocycles. The monoisotopic (exact) mass is 492 g/mol. The van der Waals surface area contributed by atoms with Crippen molar-refractivity contribution in [3.63, 3.8) is 0 Å². The molecule has 0 aliphatic carbocycles. The first-order valence-electron chi connectivity index (χ1n) is 3.18. The second-order valence-corrected chi connectivity index (χ2v) is 5.57. The summed E-state index contributed by atoms with van der Waals surface area (Å²) in [6.45, 7) is -0.478. The quantitative estimate of drug-likeness (QED) is 0.432. The molecule has 0 amide bonds. The van der Waals surface area contributed by atoms with Crippen LogP contribution in [0, 0.1) is 0 Å². The van der Waals surface area contributed by atoms with E-state index in [1.54, 1.807) is 0 Å². The fourth-order valence-corrected chi connectivity index (χ4v) is 2.11. The van der Waals surface area contributed by atoms with Gasteiger partial charge in [-0.15, -0.1) is 0 Å². The standard InChI is InChI=1S/C5H3F6O.CF2.Cf/c1-2-12-5(10,11)3(6)4(7,8)9;2-1-3;/h2H,1H2;;. The Morgan fingerprint density at radius 1 is 1.06 bits per heavy atom. The summed E-state index contributed by atoms with van der Waals surface area (Å²) in [6, 6.07) is 0. The van der Waals surface area contributed by atoms with Crippen LogP contribution in [0.3, 0.4) is 0 Å². The molecule has 0 aromatic rings. The fraction of sp³-hybridized carbons (Fsp3) is 0.500. The molecule has 0 aromatic carbocycles. The van der Waals surface area contributed by atoms with Gasteiger partial charge in [0.15, 0.2) is 0 Å². The molecule has 16 heavy (non-hydrogen) atoms. The van der Waals surface area contributed by atoms with E-state index in [4.69, 9.17) is 0 Å². The first kappa shape index (κ1) is 13.8. The molecule has 1 atom stereocenters. The molecule has 10 heteroatoms. The predicted molar refractivity (Wildman–Crippen MR) is 33.3 cm³/mol. The maximum absolute atomic E-state index is 13.0. The van der Waals surface area contributed by atoms with Crippen molar-refractivity contribution in [2.24, 2.45) is 0 Å². The minimum atomic E-state index is -6.15. The Bertz CT molecular complexity index is 293. The van der Waals surface area contributed by atoms with E-state index in [1.807, 2.05) is 0 Å². The Morgan fingerprint density at radius 2 is 1.50 bits per heavy atom. The topological polar surface area (TPSA) is 9.23 Å². The average Bonchev–Trinajstić information content (AvgIpc) is 1.99. The molecule has 99 valence electrons. The first-order chi connectivity index (χ1) is 6.98. The van der Waals surface area contributed by atoms with Crippen LogP contribution in [0.5, 0.6) is 0 Å². The number of hydrogen-bond acceptors (Lipinski definition) is 1. The second kappa shape index (κ2) is 3.78. The van der Waals surface area contributed by atoms with E-state index >= 15 is 0 Å². The third-order valence-corrected chi connectivity index (χ3v) is 4.00. The zero-order valence-corrected chi connectivity index (χ0v) is 9.67. The van der Waals surface area contributed by atoms with E-state index in [9.17, 15) is 35.1 Å². The number of rotatable bonds is 4. The van der Waals surface area contributed by atoms with E-state index in [0.29, 0.717) is 0 Å². The maximum atomic E-state index is 13.0. The number of ether oxygens (including phenoxy) is 1. The molecule has 1 unspecified atom stereocenters. The van der Waals surface area contributed by atoms with Gasteiger partial charge in [-0.05, 0) is 0 Å². The predicted octanol–water partition coefficient (Wildman–Crippen LogP) is 3.08. The molecule has 0 bridgehead atoms. The van der Waals surface area contributed by atoms with Crippen LogP contribution in [-0.4, -0.2) is 25.4 Å². The fourth-order valence-electron chi connectivity index (χ4n) is 0.513. The molecule has 1 nitrogen and oxygen atoms in total. The summed E-state index contributed by atoms with van der Waals surface area (Å²) >= 11 is 0. The van der Waals surface area contributed by atoms with Crippen LogP contribution in [-0.2, 0) is 4.74 Å². The molecule has 0 N–H and O–H groups in total. The minimum absolute atomic E-state index is 0.147. The third kappa shape index (κ3) is 2.26. The van der Waals surface area contributed by atoms with Crippen molar-refractivity contribution in [3.05, 3.63) is 12.8 Å². The number of hydrogen-bond donors (Lipinski definition) is 0. The summed E-state index contributed by atoms with van der Waals surface area (Å²) in [4.78, 5) is 0. The Morgan fingerprint density at radius 3 is 1.75 bits per heavy atom. The Hall–Kier alpha value is -2.15. The van der Waals surface area contributed by atoms with Crippen LogP contribution >= 0.6 is 0 Å². The average molecular weight is 494 g/mol. The molecular formula is C6H3CfF8O. The molecule has 0 aliphatic rings. The Kier molecular flexibility index (Phi) is 3.27. The summed E-state index contributed by atoms with van der Waals surface area (Å²) in [5, 5.41) is 0. The molecule has 0 spiro atoms. The van der Waals surface area contributed by atoms with Gasteiger partial charge in [0.1, 0.15) is 0 Å². The van der Waals surface area contributed by atoms with Gasteiger partial charge in [-0.3, -0.25) is 0 Å². The van der Waals surface area contributed by atoms with Crippen molar-refractivity contribution in [1.82, 2.24) is 0 Å². The Balaban J connectivity index is 5.59. The van der Waals surface area contributed by atoms with Crippen molar-refractivity contribution < 1.29 is 39.9 Å². The zero-order chi connectivity index (χ0) is 13.2. The summed E-state index contributed by atoms with van der Waals surface area (Å²) < 4.78 is 96.4. The van der Waals surface area contributed by atoms with Crippen molar-refractivity contribution in [2.45, 2.75) is 18.5 Å². The molecule has 0 saturated heterocycles. The molecule has 0 rings (SSSR count). The van der Waals surface area contributed by atoms with Crippen LogP contribution in [0.2, 0.25) is 0 Å². The van der Waals surface area contributed by atoms with E-state index in [0.717, 1.165) is 0 Å². The van der Waals surface area contributed by atoms with E-state index in [2.05, 4.69) is 11.3 Å². The molecule has 0 saturated carbocycles. The SMILES string of the molecule is C=COC(F)(F)[C](F)([Cf]=[C](F)F)C(F)(F)F. The molecule has 0 radical (unpaired) electrons. The van der Waals surface area contributed by atoms with Crippen LogP contribution in [0.1, 0.15) is 0 Å². The van der Waals surface area contributed by atoms with Crippen LogP contribution in [0.15, 0.2) is 12.8 Å². The van der Waals surface area contributed by atoms with Crippen molar-refractivity contribution in [3.8, 4) is 0 Å². The second-order valence-electron chi connectivity index (χ2n) is 2.10. The van der Waals surface area contributed by atoms with Gasteiger partial charge in [-0.2, -0.15) is 0 Å². The summed E-state index contributed by atoms with van der Waals surface area (Å²) in [5.74, 6) is 0. The number of alkyl halides is 6. The van der Waals surface area contributed by atoms with Gasteiger partial charge in [0.2, 0.25) is 0 Å². The summed E-state index contributed by atoms with van der Waals surface area (Å²) in [5.41, 5.74) is 0. The van der Waals surface area contributed by atoms with Crippen LogP contribution in [0.25, 0.3) is 0 Å². The van der Waals surface area contributed by atoms with Gasteiger partial charge >= 0.3 is 78.1 Å². The van der Waals surface area contributed by atoms with Gasteiger partial charge in [0, 0.05) is 0 Å². The molecule has 0 fully saturated rings. The molecule has 0 aliphatic heterocycles. The van der Waals surface area contributed by atoms with Gasteiger partial charge in [-0.25, -0.2) is 0 Å². The zero-order valence-electron chi connectivity index (χ0n) is 7.03. The molecule has 0 aromatic heterocycles. The van der Waals surface area contributed by atoms with Gasteiger partial charge in [-0.1, -0.05) is 0 Å². The molecular weight excluding hydrogens is 491 g/mol. The van der Waals surface area contributed by atoms with Gasteiger partial charge in [0.25, 0.3) is 0 Å². The van der Waals surface area contributed by atoms with Crippen molar-refractivity contribution in [2.75, 3.05) is 0 Å². The first-order valence-corrected chi connectivity index (χ1v) is 5.81. The summed E-state index contributed by atoms with van der Waals surface area (Å²) in [7, 11) is 0. The van der Waals surface area contributed by atoms with Crippen LogP contribution in [0.4, 0.5) is 35.1 Å². The Labute approximate surface area is 79.3 Å².